The average Bonchev–Trinajstić information content (AvgIpc) is 2.90. The molecule has 3 rings (SSSR count). The predicted octanol–water partition coefficient (Wildman–Crippen LogP) is 2.65. The molecule has 0 radical (unpaired) electrons. The fourth-order valence-corrected chi connectivity index (χ4v) is 2.31. The van der Waals surface area contributed by atoms with Gasteiger partial charge < -0.3 is 10.7 Å². The van der Waals surface area contributed by atoms with Crippen LogP contribution in [0, 0.1) is 0 Å². The third-order valence-electron chi connectivity index (χ3n) is 3.27. The summed E-state index contributed by atoms with van der Waals surface area (Å²) in [6.07, 6.45) is 2.79. The van der Waals surface area contributed by atoms with Crippen molar-refractivity contribution in [1.82, 2.24) is 15.0 Å². The number of nitrogens with zero attached hydrogens (tertiary/aromatic N) is 2. The van der Waals surface area contributed by atoms with Crippen LogP contribution in [0.2, 0.25) is 0 Å². The molecule has 0 aliphatic rings. The minimum absolute atomic E-state index is 0.501. The molecule has 0 saturated carbocycles. The quantitative estimate of drug-likeness (QED) is 0.753. The lowest BCUT2D eigenvalue weighted by Crippen LogP contribution is -2.00. The maximum atomic E-state index is 5.76. The van der Waals surface area contributed by atoms with Crippen LogP contribution in [0.3, 0.4) is 0 Å². The van der Waals surface area contributed by atoms with Crippen molar-refractivity contribution in [1.29, 1.82) is 0 Å². The summed E-state index contributed by atoms with van der Waals surface area (Å²) in [5.74, 6) is 0.760. The Labute approximate surface area is 111 Å². The molecule has 19 heavy (non-hydrogen) atoms. The molecule has 0 aliphatic carbocycles. The largest absolute Gasteiger partial charge is 0.346 e. The van der Waals surface area contributed by atoms with Crippen LogP contribution in [-0.2, 0) is 13.0 Å². The normalized spacial score (nSPS) is 11.1. The first-order valence-corrected chi connectivity index (χ1v) is 6.45. The van der Waals surface area contributed by atoms with Gasteiger partial charge in [0.1, 0.15) is 5.65 Å². The van der Waals surface area contributed by atoms with Gasteiger partial charge in [-0.15, -0.1) is 0 Å². The number of benzene rings is 1. The molecule has 96 valence electrons. The second kappa shape index (κ2) is 4.82. The van der Waals surface area contributed by atoms with Crippen LogP contribution in [0.5, 0.6) is 0 Å². The summed E-state index contributed by atoms with van der Waals surface area (Å²) in [6, 6.07) is 10.0. The first kappa shape index (κ1) is 11.9. The van der Waals surface area contributed by atoms with Gasteiger partial charge in [-0.25, -0.2) is 9.97 Å². The number of aryl methyl sites for hydroxylation is 1. The van der Waals surface area contributed by atoms with Crippen LogP contribution in [-0.4, -0.2) is 15.0 Å². The fraction of sp³-hybridized carbons (Fsp3) is 0.200. The molecule has 1 aromatic carbocycles. The topological polar surface area (TPSA) is 67.6 Å². The van der Waals surface area contributed by atoms with E-state index in [4.69, 9.17) is 5.73 Å². The van der Waals surface area contributed by atoms with Crippen molar-refractivity contribution in [2.45, 2.75) is 19.9 Å². The molecule has 2 heterocycles. The lowest BCUT2D eigenvalue weighted by Gasteiger charge is -2.05. The smallest absolute Gasteiger partial charge is 0.161 e. The molecule has 2 aromatic heterocycles. The number of nitrogens with one attached hydrogen (secondary N) is 1. The van der Waals surface area contributed by atoms with E-state index < -0.39 is 0 Å². The van der Waals surface area contributed by atoms with E-state index in [1.807, 2.05) is 36.5 Å². The van der Waals surface area contributed by atoms with Crippen molar-refractivity contribution in [3.63, 3.8) is 0 Å². The maximum absolute atomic E-state index is 5.76. The summed E-state index contributed by atoms with van der Waals surface area (Å²) >= 11 is 0. The van der Waals surface area contributed by atoms with Crippen LogP contribution in [0.15, 0.2) is 36.5 Å². The standard InChI is InChI=1S/C15H16N4/c1-2-12-13-11(8-16)9-17-15(13)19-14(18-12)10-6-4-3-5-7-10/h3-7,9H,2,8,16H2,1H3,(H,17,18,19). The van der Waals surface area contributed by atoms with E-state index in [0.717, 1.165) is 40.1 Å². The summed E-state index contributed by atoms with van der Waals surface area (Å²) in [5, 5.41) is 1.07. The summed E-state index contributed by atoms with van der Waals surface area (Å²) in [6.45, 7) is 2.60. The Hall–Kier alpha value is -2.20. The van der Waals surface area contributed by atoms with Crippen molar-refractivity contribution >= 4 is 11.0 Å². The minimum atomic E-state index is 0.501. The Morgan fingerprint density at radius 2 is 1.95 bits per heavy atom. The molecular weight excluding hydrogens is 236 g/mol. The Morgan fingerprint density at radius 3 is 2.63 bits per heavy atom. The Morgan fingerprint density at radius 1 is 1.16 bits per heavy atom. The van der Waals surface area contributed by atoms with E-state index in [9.17, 15) is 0 Å². The molecule has 0 unspecified atom stereocenters. The van der Waals surface area contributed by atoms with Gasteiger partial charge in [-0.3, -0.25) is 0 Å². The van der Waals surface area contributed by atoms with Crippen molar-refractivity contribution in [3.05, 3.63) is 47.8 Å². The summed E-state index contributed by atoms with van der Waals surface area (Å²) in [7, 11) is 0. The predicted molar refractivity (Wildman–Crippen MR) is 76.6 cm³/mol. The first-order valence-electron chi connectivity index (χ1n) is 6.45. The second-order valence-corrected chi connectivity index (χ2v) is 4.46. The Bertz CT molecular complexity index is 701. The molecule has 4 heteroatoms. The molecular formula is C15H16N4. The molecule has 0 saturated heterocycles. The van der Waals surface area contributed by atoms with E-state index >= 15 is 0 Å². The molecule has 0 bridgehead atoms. The zero-order chi connectivity index (χ0) is 13.2. The van der Waals surface area contributed by atoms with Crippen LogP contribution in [0.1, 0.15) is 18.2 Å². The average molecular weight is 252 g/mol. The van der Waals surface area contributed by atoms with Crippen molar-refractivity contribution < 1.29 is 0 Å². The lowest BCUT2D eigenvalue weighted by atomic mass is 10.1. The van der Waals surface area contributed by atoms with Gasteiger partial charge >= 0.3 is 0 Å². The fourth-order valence-electron chi connectivity index (χ4n) is 2.31. The minimum Gasteiger partial charge on any atom is -0.346 e. The van der Waals surface area contributed by atoms with E-state index in [0.29, 0.717) is 6.54 Å². The van der Waals surface area contributed by atoms with Crippen LogP contribution < -0.4 is 5.73 Å². The highest BCUT2D eigenvalue weighted by atomic mass is 15.0. The molecule has 0 amide bonds. The molecule has 0 spiro atoms. The highest BCUT2D eigenvalue weighted by Crippen LogP contribution is 2.24. The monoisotopic (exact) mass is 252 g/mol. The number of nitrogens with two attached hydrogens (primary N) is 1. The highest BCUT2D eigenvalue weighted by molar-refractivity contribution is 5.84. The lowest BCUT2D eigenvalue weighted by molar-refractivity contribution is 1.02. The zero-order valence-electron chi connectivity index (χ0n) is 10.9. The second-order valence-electron chi connectivity index (χ2n) is 4.46. The van der Waals surface area contributed by atoms with Gasteiger partial charge in [0.2, 0.25) is 0 Å². The molecule has 0 aliphatic heterocycles. The number of hydrogen-bond donors (Lipinski definition) is 2. The highest BCUT2D eigenvalue weighted by Gasteiger charge is 2.12. The zero-order valence-corrected chi connectivity index (χ0v) is 10.9. The van der Waals surface area contributed by atoms with Crippen LogP contribution in [0.25, 0.3) is 22.4 Å². The van der Waals surface area contributed by atoms with Gasteiger partial charge in [0.05, 0.1) is 5.69 Å². The number of aromatic nitrogens is 3. The van der Waals surface area contributed by atoms with Crippen molar-refractivity contribution in [3.8, 4) is 11.4 Å². The van der Waals surface area contributed by atoms with Gasteiger partial charge in [0.15, 0.2) is 5.82 Å². The molecule has 4 nitrogen and oxygen atoms in total. The number of aromatic amines is 1. The molecule has 3 N–H and O–H groups in total. The summed E-state index contributed by atoms with van der Waals surface area (Å²) in [4.78, 5) is 12.5. The van der Waals surface area contributed by atoms with Gasteiger partial charge in [-0.2, -0.15) is 0 Å². The van der Waals surface area contributed by atoms with E-state index in [1.54, 1.807) is 0 Å². The van der Waals surface area contributed by atoms with Gasteiger partial charge in [0, 0.05) is 23.7 Å². The Kier molecular flexibility index (Phi) is 3.01. The summed E-state index contributed by atoms with van der Waals surface area (Å²) in [5.41, 5.74) is 9.78. The first-order chi connectivity index (χ1) is 9.33. The van der Waals surface area contributed by atoms with E-state index in [2.05, 4.69) is 21.9 Å². The van der Waals surface area contributed by atoms with Gasteiger partial charge in [-0.1, -0.05) is 37.3 Å². The van der Waals surface area contributed by atoms with Crippen molar-refractivity contribution in [2.24, 2.45) is 5.73 Å². The molecule has 3 aromatic rings. The van der Waals surface area contributed by atoms with Gasteiger partial charge in [-0.05, 0) is 12.0 Å². The Balaban J connectivity index is 2.24. The van der Waals surface area contributed by atoms with E-state index in [-0.39, 0.29) is 0 Å². The number of rotatable bonds is 3. The van der Waals surface area contributed by atoms with Crippen molar-refractivity contribution in [2.75, 3.05) is 0 Å². The molecule has 0 atom stereocenters. The van der Waals surface area contributed by atoms with Crippen LogP contribution >= 0.6 is 0 Å². The third-order valence-corrected chi connectivity index (χ3v) is 3.27. The van der Waals surface area contributed by atoms with E-state index in [1.165, 1.54) is 0 Å². The number of hydrogen-bond acceptors (Lipinski definition) is 3. The van der Waals surface area contributed by atoms with Gasteiger partial charge in [0.25, 0.3) is 0 Å². The summed E-state index contributed by atoms with van der Waals surface area (Å²) < 4.78 is 0. The number of H-pyrrole nitrogens is 1. The SMILES string of the molecule is CCc1nc(-c2ccccc2)nc2[nH]cc(CN)c12. The van der Waals surface area contributed by atoms with Crippen LogP contribution in [0.4, 0.5) is 0 Å². The maximum Gasteiger partial charge on any atom is 0.161 e. The third kappa shape index (κ3) is 2.00. The molecule has 0 fully saturated rings. The number of fused-ring (bicyclic) bond motifs is 1.